The van der Waals surface area contributed by atoms with Gasteiger partial charge in [-0.3, -0.25) is 4.79 Å². The minimum Gasteiger partial charge on any atom is -0.398 e. The zero-order valence-corrected chi connectivity index (χ0v) is 13.0. The van der Waals surface area contributed by atoms with Crippen LogP contribution in [0.2, 0.25) is 0 Å². The van der Waals surface area contributed by atoms with Crippen molar-refractivity contribution in [3.05, 3.63) is 53.1 Å². The van der Waals surface area contributed by atoms with Crippen LogP contribution < -0.4 is 10.6 Å². The van der Waals surface area contributed by atoms with Crippen molar-refractivity contribution < 1.29 is 4.79 Å². The van der Waals surface area contributed by atoms with E-state index in [2.05, 4.69) is 6.07 Å². The van der Waals surface area contributed by atoms with Gasteiger partial charge < -0.3 is 10.6 Å². The lowest BCUT2D eigenvalue weighted by Crippen LogP contribution is -2.28. The summed E-state index contributed by atoms with van der Waals surface area (Å²) in [4.78, 5) is 15.7. The van der Waals surface area contributed by atoms with Crippen molar-refractivity contribution in [2.75, 3.05) is 23.4 Å². The van der Waals surface area contributed by atoms with Crippen molar-refractivity contribution in [3.8, 4) is 0 Å². The van der Waals surface area contributed by atoms with Gasteiger partial charge in [0.1, 0.15) is 0 Å². The first kappa shape index (κ1) is 14.0. The Morgan fingerprint density at radius 2 is 1.95 bits per heavy atom. The molecule has 0 saturated carbocycles. The Morgan fingerprint density at radius 3 is 2.62 bits per heavy atom. The number of amides is 1. The van der Waals surface area contributed by atoms with Gasteiger partial charge in [0, 0.05) is 28.4 Å². The van der Waals surface area contributed by atoms with E-state index >= 15 is 0 Å². The van der Waals surface area contributed by atoms with Gasteiger partial charge in [-0.05, 0) is 61.1 Å². The third kappa shape index (κ3) is 2.51. The Kier molecular flexibility index (Phi) is 3.64. The largest absolute Gasteiger partial charge is 0.398 e. The first-order valence-corrected chi connectivity index (χ1v) is 8.17. The Hall–Kier alpha value is -1.94. The van der Waals surface area contributed by atoms with Crippen molar-refractivity contribution in [1.29, 1.82) is 0 Å². The highest BCUT2D eigenvalue weighted by Crippen LogP contribution is 2.33. The SMILES string of the molecule is CSc1ccc(C(=O)N2CCc3cc(C)c(N)cc32)cc1. The molecular formula is C17H18N2OS. The molecule has 0 aromatic heterocycles. The van der Waals surface area contributed by atoms with Gasteiger partial charge in [0.2, 0.25) is 0 Å². The Balaban J connectivity index is 1.92. The summed E-state index contributed by atoms with van der Waals surface area (Å²) in [6.07, 6.45) is 2.92. The number of hydrogen-bond acceptors (Lipinski definition) is 3. The molecule has 2 aromatic rings. The lowest BCUT2D eigenvalue weighted by molar-refractivity contribution is 0.0989. The average Bonchev–Trinajstić information content (AvgIpc) is 2.90. The number of nitrogens with zero attached hydrogens (tertiary/aromatic N) is 1. The number of carbonyl (C=O) groups is 1. The first-order valence-electron chi connectivity index (χ1n) is 6.95. The van der Waals surface area contributed by atoms with Crippen LogP contribution in [0.3, 0.4) is 0 Å². The van der Waals surface area contributed by atoms with E-state index < -0.39 is 0 Å². The summed E-state index contributed by atoms with van der Waals surface area (Å²) >= 11 is 1.67. The molecule has 0 unspecified atom stereocenters. The number of anilines is 2. The van der Waals surface area contributed by atoms with E-state index in [-0.39, 0.29) is 5.91 Å². The number of thioether (sulfide) groups is 1. The van der Waals surface area contributed by atoms with E-state index in [9.17, 15) is 4.79 Å². The molecule has 2 N–H and O–H groups in total. The number of nitrogens with two attached hydrogens (primary N) is 1. The van der Waals surface area contributed by atoms with Crippen molar-refractivity contribution in [1.82, 2.24) is 0 Å². The number of fused-ring (bicyclic) bond motifs is 1. The highest BCUT2D eigenvalue weighted by atomic mass is 32.2. The number of nitrogen functional groups attached to an aromatic ring is 1. The molecule has 0 aliphatic carbocycles. The lowest BCUT2D eigenvalue weighted by atomic mass is 10.1. The van der Waals surface area contributed by atoms with Crippen LogP contribution in [0.4, 0.5) is 11.4 Å². The second kappa shape index (κ2) is 5.45. The average molecular weight is 298 g/mol. The number of benzene rings is 2. The molecule has 0 saturated heterocycles. The molecular weight excluding hydrogens is 280 g/mol. The summed E-state index contributed by atoms with van der Waals surface area (Å²) < 4.78 is 0. The fourth-order valence-corrected chi connectivity index (χ4v) is 3.09. The minimum atomic E-state index is 0.0460. The topological polar surface area (TPSA) is 46.3 Å². The molecule has 0 radical (unpaired) electrons. The molecule has 1 aliphatic rings. The molecule has 21 heavy (non-hydrogen) atoms. The second-order valence-electron chi connectivity index (χ2n) is 5.27. The lowest BCUT2D eigenvalue weighted by Gasteiger charge is -2.18. The van der Waals surface area contributed by atoms with Gasteiger partial charge in [0.15, 0.2) is 0 Å². The molecule has 0 fully saturated rings. The van der Waals surface area contributed by atoms with Gasteiger partial charge in [-0.1, -0.05) is 6.07 Å². The predicted octanol–water partition coefficient (Wildman–Crippen LogP) is 3.50. The third-order valence-electron chi connectivity index (χ3n) is 3.94. The van der Waals surface area contributed by atoms with Crippen molar-refractivity contribution in [2.45, 2.75) is 18.2 Å². The van der Waals surface area contributed by atoms with E-state index in [0.29, 0.717) is 0 Å². The van der Waals surface area contributed by atoms with Crippen molar-refractivity contribution >= 4 is 29.0 Å². The maximum atomic E-state index is 12.7. The Morgan fingerprint density at radius 1 is 1.24 bits per heavy atom. The van der Waals surface area contributed by atoms with Gasteiger partial charge in [-0.2, -0.15) is 0 Å². The summed E-state index contributed by atoms with van der Waals surface area (Å²) in [5.41, 5.74) is 10.7. The molecule has 0 bridgehead atoms. The number of hydrogen-bond donors (Lipinski definition) is 1. The van der Waals surface area contributed by atoms with E-state index in [1.165, 1.54) is 5.56 Å². The summed E-state index contributed by atoms with van der Waals surface area (Å²) in [6, 6.07) is 11.8. The van der Waals surface area contributed by atoms with Crippen LogP contribution in [-0.2, 0) is 6.42 Å². The predicted molar refractivity (Wildman–Crippen MR) is 89.2 cm³/mol. The van der Waals surface area contributed by atoms with E-state index in [1.54, 1.807) is 11.8 Å². The molecule has 108 valence electrons. The molecule has 3 nitrogen and oxygen atoms in total. The molecule has 2 aromatic carbocycles. The fourth-order valence-electron chi connectivity index (χ4n) is 2.68. The maximum absolute atomic E-state index is 12.7. The van der Waals surface area contributed by atoms with Crippen LogP contribution in [0.5, 0.6) is 0 Å². The van der Waals surface area contributed by atoms with Crippen molar-refractivity contribution in [3.63, 3.8) is 0 Å². The highest BCUT2D eigenvalue weighted by Gasteiger charge is 2.26. The zero-order chi connectivity index (χ0) is 15.0. The molecule has 0 spiro atoms. The molecule has 0 atom stereocenters. The van der Waals surface area contributed by atoms with Crippen LogP contribution in [0.15, 0.2) is 41.3 Å². The number of carbonyl (C=O) groups excluding carboxylic acids is 1. The van der Waals surface area contributed by atoms with Crippen molar-refractivity contribution in [2.24, 2.45) is 0 Å². The molecule has 1 aliphatic heterocycles. The van der Waals surface area contributed by atoms with Crippen LogP contribution in [-0.4, -0.2) is 18.7 Å². The minimum absolute atomic E-state index is 0.0460. The normalized spacial score (nSPS) is 13.3. The number of rotatable bonds is 2. The summed E-state index contributed by atoms with van der Waals surface area (Å²) in [5.74, 6) is 0.0460. The maximum Gasteiger partial charge on any atom is 0.258 e. The third-order valence-corrected chi connectivity index (χ3v) is 4.69. The van der Waals surface area contributed by atoms with E-state index in [4.69, 9.17) is 5.73 Å². The monoisotopic (exact) mass is 298 g/mol. The Labute approximate surface area is 129 Å². The highest BCUT2D eigenvalue weighted by molar-refractivity contribution is 7.98. The molecule has 3 rings (SSSR count). The second-order valence-corrected chi connectivity index (χ2v) is 6.15. The van der Waals surface area contributed by atoms with Gasteiger partial charge >= 0.3 is 0 Å². The fraction of sp³-hybridized carbons (Fsp3) is 0.235. The summed E-state index contributed by atoms with van der Waals surface area (Å²) in [6.45, 7) is 2.72. The van der Waals surface area contributed by atoms with Crippen LogP contribution in [0.25, 0.3) is 0 Å². The quantitative estimate of drug-likeness (QED) is 0.682. The van der Waals surface area contributed by atoms with E-state index in [1.807, 2.05) is 48.4 Å². The standard InChI is InChI=1S/C17H18N2OS/c1-11-9-13-7-8-19(16(13)10-15(11)18)17(20)12-3-5-14(21-2)6-4-12/h3-6,9-10H,7-8,18H2,1-2H3. The molecule has 1 amide bonds. The Bertz CT molecular complexity index is 695. The van der Waals surface area contributed by atoms with E-state index in [0.717, 1.165) is 40.4 Å². The first-order chi connectivity index (χ1) is 10.1. The smallest absolute Gasteiger partial charge is 0.258 e. The van der Waals surface area contributed by atoms with Crippen LogP contribution >= 0.6 is 11.8 Å². The zero-order valence-electron chi connectivity index (χ0n) is 12.2. The van der Waals surface area contributed by atoms with Gasteiger partial charge in [0.05, 0.1) is 0 Å². The van der Waals surface area contributed by atoms with Gasteiger partial charge in [-0.15, -0.1) is 11.8 Å². The molecule has 4 heteroatoms. The summed E-state index contributed by atoms with van der Waals surface area (Å²) in [7, 11) is 0. The van der Waals surface area contributed by atoms with Gasteiger partial charge in [0.25, 0.3) is 5.91 Å². The van der Waals surface area contributed by atoms with Crippen LogP contribution in [0, 0.1) is 6.92 Å². The van der Waals surface area contributed by atoms with Crippen LogP contribution in [0.1, 0.15) is 21.5 Å². The molecule has 1 heterocycles. The van der Waals surface area contributed by atoms with Gasteiger partial charge in [-0.25, -0.2) is 0 Å². The summed E-state index contributed by atoms with van der Waals surface area (Å²) in [5, 5.41) is 0. The number of aryl methyl sites for hydroxylation is 1.